The van der Waals surface area contributed by atoms with Crippen LogP contribution in [0.15, 0.2) is 53.6 Å². The molecule has 0 saturated carbocycles. The van der Waals surface area contributed by atoms with Gasteiger partial charge in [-0.15, -0.1) is 0 Å². The average Bonchev–Trinajstić information content (AvgIpc) is 3.21. The first-order valence-corrected chi connectivity index (χ1v) is 10.8. The summed E-state index contributed by atoms with van der Waals surface area (Å²) in [6.45, 7) is 4.36. The van der Waals surface area contributed by atoms with Crippen LogP contribution in [0.3, 0.4) is 0 Å². The molecule has 0 aliphatic heterocycles. The number of pyridine rings is 1. The number of carbonyl (C=O) groups is 1. The molecule has 5 N–H and O–H groups in total. The Morgan fingerprint density at radius 3 is 2.79 bits per heavy atom. The van der Waals surface area contributed by atoms with Crippen LogP contribution in [0.2, 0.25) is 0 Å². The van der Waals surface area contributed by atoms with Gasteiger partial charge in [0.15, 0.2) is 5.82 Å². The number of H-pyrrole nitrogens is 1. The van der Waals surface area contributed by atoms with Crippen LogP contribution in [0, 0.1) is 13.8 Å². The Kier molecular flexibility index (Phi) is 6.39. The molecule has 1 aromatic carbocycles. The minimum Gasteiger partial charge on any atom is -0.384 e. The summed E-state index contributed by atoms with van der Waals surface area (Å²) in [7, 11) is 0. The average molecular weight is 446 g/mol. The molecule has 0 fully saturated rings. The second-order valence-electron chi connectivity index (χ2n) is 7.93. The molecular weight excluding hydrogens is 418 g/mol. The van der Waals surface area contributed by atoms with Crippen LogP contribution in [-0.2, 0) is 24.3 Å². The number of fused-ring (bicyclic) bond motifs is 1. The van der Waals surface area contributed by atoms with Crippen LogP contribution >= 0.6 is 0 Å². The van der Waals surface area contributed by atoms with Gasteiger partial charge in [-0.2, -0.15) is 0 Å². The Bertz CT molecular complexity index is 1360. The van der Waals surface area contributed by atoms with Crippen molar-refractivity contribution < 1.29 is 4.79 Å². The lowest BCUT2D eigenvalue weighted by molar-refractivity contribution is -0.121. The van der Waals surface area contributed by atoms with Crippen LogP contribution in [0.1, 0.15) is 22.5 Å². The first-order chi connectivity index (χ1) is 15.9. The Hall–Kier alpha value is -4.14. The summed E-state index contributed by atoms with van der Waals surface area (Å²) >= 11 is 0. The van der Waals surface area contributed by atoms with Gasteiger partial charge in [0.25, 0.3) is 5.56 Å². The minimum absolute atomic E-state index is 0.0915. The van der Waals surface area contributed by atoms with Crippen LogP contribution in [0.5, 0.6) is 0 Å². The number of aryl methyl sites for hydroxylation is 2. The van der Waals surface area contributed by atoms with Crippen LogP contribution in [0.25, 0.3) is 10.9 Å². The van der Waals surface area contributed by atoms with E-state index in [-0.39, 0.29) is 23.8 Å². The van der Waals surface area contributed by atoms with E-state index in [9.17, 15) is 9.59 Å². The van der Waals surface area contributed by atoms with E-state index < -0.39 is 0 Å². The van der Waals surface area contributed by atoms with Crippen LogP contribution in [-0.4, -0.2) is 32.0 Å². The third-order valence-electron chi connectivity index (χ3n) is 5.61. The van der Waals surface area contributed by atoms with Gasteiger partial charge < -0.3 is 21.4 Å². The number of carbonyl (C=O) groups excluding carboxylic acids is 1. The van der Waals surface area contributed by atoms with E-state index in [1.807, 2.05) is 37.4 Å². The molecule has 0 radical (unpaired) electrons. The molecule has 9 heteroatoms. The fourth-order valence-corrected chi connectivity index (χ4v) is 3.73. The maximum absolute atomic E-state index is 12.9. The van der Waals surface area contributed by atoms with E-state index in [2.05, 4.69) is 31.7 Å². The molecule has 1 amide bonds. The highest BCUT2D eigenvalue weighted by molar-refractivity contribution is 5.83. The number of nitrogens with two attached hydrogens (primary N) is 1. The largest absolute Gasteiger partial charge is 0.384 e. The Morgan fingerprint density at radius 1 is 1.15 bits per heavy atom. The molecule has 0 aliphatic rings. The van der Waals surface area contributed by atoms with Gasteiger partial charge in [-0.05, 0) is 43.5 Å². The number of hydrogen-bond acceptors (Lipinski definition) is 6. The van der Waals surface area contributed by atoms with E-state index >= 15 is 0 Å². The van der Waals surface area contributed by atoms with Gasteiger partial charge in [0.2, 0.25) is 5.91 Å². The van der Waals surface area contributed by atoms with Crippen molar-refractivity contribution in [1.82, 2.24) is 24.8 Å². The van der Waals surface area contributed by atoms with Crippen molar-refractivity contribution in [2.24, 2.45) is 0 Å². The van der Waals surface area contributed by atoms with Crippen molar-refractivity contribution >= 4 is 28.4 Å². The smallest absolute Gasteiger partial charge is 0.293 e. The summed E-state index contributed by atoms with van der Waals surface area (Å²) in [5.41, 5.74) is 9.84. The van der Waals surface area contributed by atoms with Gasteiger partial charge in [-0.3, -0.25) is 14.2 Å². The summed E-state index contributed by atoms with van der Waals surface area (Å²) < 4.78 is 1.42. The van der Waals surface area contributed by atoms with Crippen LogP contribution < -0.4 is 21.9 Å². The fourth-order valence-electron chi connectivity index (χ4n) is 3.73. The zero-order chi connectivity index (χ0) is 23.4. The summed E-state index contributed by atoms with van der Waals surface area (Å²) in [5, 5.41) is 7.12. The SMILES string of the molecule is Cc1nc(N)ccc1CNC(=O)Cn1c(C)cnc(NCCc2c[nH]c3ccccc23)c1=O. The predicted molar refractivity (Wildman–Crippen MR) is 129 cm³/mol. The number of nitrogen functional groups attached to an aromatic ring is 1. The van der Waals surface area contributed by atoms with E-state index in [0.29, 0.717) is 24.6 Å². The maximum Gasteiger partial charge on any atom is 0.293 e. The lowest BCUT2D eigenvalue weighted by Gasteiger charge is -2.13. The van der Waals surface area contributed by atoms with E-state index in [0.717, 1.165) is 34.1 Å². The Balaban J connectivity index is 1.38. The van der Waals surface area contributed by atoms with E-state index in [4.69, 9.17) is 5.73 Å². The molecule has 0 unspecified atom stereocenters. The zero-order valence-corrected chi connectivity index (χ0v) is 18.7. The third kappa shape index (κ3) is 5.03. The fraction of sp³-hybridized carbons (Fsp3) is 0.250. The number of anilines is 2. The third-order valence-corrected chi connectivity index (χ3v) is 5.61. The van der Waals surface area contributed by atoms with Crippen molar-refractivity contribution in [2.75, 3.05) is 17.6 Å². The van der Waals surface area contributed by atoms with Gasteiger partial charge in [-0.1, -0.05) is 24.3 Å². The van der Waals surface area contributed by atoms with E-state index in [1.165, 1.54) is 4.57 Å². The van der Waals surface area contributed by atoms with Gasteiger partial charge in [0, 0.05) is 47.8 Å². The lowest BCUT2D eigenvalue weighted by atomic mass is 10.1. The van der Waals surface area contributed by atoms with Gasteiger partial charge in [0.05, 0.1) is 0 Å². The maximum atomic E-state index is 12.9. The van der Waals surface area contributed by atoms with Crippen molar-refractivity contribution in [3.8, 4) is 0 Å². The quantitative estimate of drug-likeness (QED) is 0.329. The molecule has 9 nitrogen and oxygen atoms in total. The normalized spacial score (nSPS) is 11.0. The topological polar surface area (TPSA) is 131 Å². The highest BCUT2D eigenvalue weighted by Crippen LogP contribution is 2.18. The highest BCUT2D eigenvalue weighted by atomic mass is 16.2. The van der Waals surface area contributed by atoms with Crippen molar-refractivity contribution in [2.45, 2.75) is 33.4 Å². The molecule has 0 spiro atoms. The monoisotopic (exact) mass is 445 g/mol. The molecule has 4 aromatic rings. The standard InChI is InChI=1S/C24H27N7O2/c1-15-11-29-23(26-10-9-18-13-27-20-6-4-3-5-19(18)20)24(33)31(15)14-22(32)28-12-17-7-8-21(25)30-16(17)2/h3-8,11,13,27H,9-10,12,14H2,1-2H3,(H2,25,30)(H,26,29)(H,28,32). The number of aromatic nitrogens is 4. The molecule has 0 aliphatic carbocycles. The van der Waals surface area contributed by atoms with Gasteiger partial charge >= 0.3 is 0 Å². The number of benzene rings is 1. The molecule has 4 rings (SSSR count). The molecule has 0 atom stereocenters. The predicted octanol–water partition coefficient (Wildman–Crippen LogP) is 2.29. The second-order valence-corrected chi connectivity index (χ2v) is 7.93. The molecule has 170 valence electrons. The van der Waals surface area contributed by atoms with Gasteiger partial charge in [-0.25, -0.2) is 9.97 Å². The summed E-state index contributed by atoms with van der Waals surface area (Å²) in [4.78, 5) is 37.1. The number of hydrogen-bond donors (Lipinski definition) is 4. The first-order valence-electron chi connectivity index (χ1n) is 10.8. The zero-order valence-electron chi connectivity index (χ0n) is 18.7. The number of nitrogens with one attached hydrogen (secondary N) is 3. The highest BCUT2D eigenvalue weighted by Gasteiger charge is 2.12. The van der Waals surface area contributed by atoms with Gasteiger partial charge in [0.1, 0.15) is 12.4 Å². The Morgan fingerprint density at radius 2 is 1.97 bits per heavy atom. The summed E-state index contributed by atoms with van der Waals surface area (Å²) in [6, 6.07) is 11.6. The molecule has 33 heavy (non-hydrogen) atoms. The van der Waals surface area contributed by atoms with E-state index in [1.54, 1.807) is 19.2 Å². The first kappa shape index (κ1) is 22.1. The number of aromatic amines is 1. The summed E-state index contributed by atoms with van der Waals surface area (Å²) in [5.74, 6) is 0.394. The van der Waals surface area contributed by atoms with Crippen LogP contribution in [0.4, 0.5) is 11.6 Å². The van der Waals surface area contributed by atoms with Crippen molar-refractivity contribution in [1.29, 1.82) is 0 Å². The van der Waals surface area contributed by atoms with Crippen molar-refractivity contribution in [3.05, 3.63) is 81.7 Å². The lowest BCUT2D eigenvalue weighted by Crippen LogP contribution is -2.34. The Labute approximate surface area is 191 Å². The number of nitrogens with zero attached hydrogens (tertiary/aromatic N) is 3. The number of para-hydroxylation sites is 1. The summed E-state index contributed by atoms with van der Waals surface area (Å²) in [6.07, 6.45) is 4.31. The molecule has 3 heterocycles. The molecule has 0 saturated heterocycles. The molecule has 0 bridgehead atoms. The minimum atomic E-state index is -0.325. The number of rotatable bonds is 8. The second kappa shape index (κ2) is 9.56. The van der Waals surface area contributed by atoms with Crippen molar-refractivity contribution in [3.63, 3.8) is 0 Å². The number of amides is 1. The molecule has 3 aromatic heterocycles. The molecular formula is C24H27N7O2.